The van der Waals surface area contributed by atoms with Gasteiger partial charge in [0.15, 0.2) is 0 Å². The molecule has 0 radical (unpaired) electrons. The SMILES string of the molecule is CCc1ccc(C2CCNCC2Cc2ccccc2)cc1. The van der Waals surface area contributed by atoms with Crippen LogP contribution in [0.25, 0.3) is 0 Å². The molecule has 2 atom stereocenters. The van der Waals surface area contributed by atoms with E-state index in [1.165, 1.54) is 29.5 Å². The Morgan fingerprint density at radius 2 is 1.71 bits per heavy atom. The van der Waals surface area contributed by atoms with Gasteiger partial charge in [0, 0.05) is 0 Å². The lowest BCUT2D eigenvalue weighted by Gasteiger charge is -2.33. The topological polar surface area (TPSA) is 12.0 Å². The van der Waals surface area contributed by atoms with Gasteiger partial charge in [-0.1, -0.05) is 61.5 Å². The summed E-state index contributed by atoms with van der Waals surface area (Å²) in [6.07, 6.45) is 3.55. The van der Waals surface area contributed by atoms with Crippen molar-refractivity contribution in [3.63, 3.8) is 0 Å². The largest absolute Gasteiger partial charge is 0.316 e. The minimum Gasteiger partial charge on any atom is -0.316 e. The number of nitrogens with one attached hydrogen (secondary N) is 1. The predicted molar refractivity (Wildman–Crippen MR) is 89.7 cm³/mol. The number of benzene rings is 2. The highest BCUT2D eigenvalue weighted by Crippen LogP contribution is 2.32. The monoisotopic (exact) mass is 279 g/mol. The molecule has 1 heterocycles. The van der Waals surface area contributed by atoms with Crippen LogP contribution < -0.4 is 5.32 Å². The Hall–Kier alpha value is -1.60. The molecular formula is C20H25N. The summed E-state index contributed by atoms with van der Waals surface area (Å²) in [7, 11) is 0. The lowest BCUT2D eigenvalue weighted by Crippen LogP contribution is -2.36. The molecule has 21 heavy (non-hydrogen) atoms. The van der Waals surface area contributed by atoms with Crippen LogP contribution >= 0.6 is 0 Å². The van der Waals surface area contributed by atoms with E-state index < -0.39 is 0 Å². The maximum absolute atomic E-state index is 3.58. The van der Waals surface area contributed by atoms with Gasteiger partial charge in [-0.15, -0.1) is 0 Å². The fraction of sp³-hybridized carbons (Fsp3) is 0.400. The van der Waals surface area contributed by atoms with Gasteiger partial charge < -0.3 is 5.32 Å². The number of rotatable bonds is 4. The first-order chi connectivity index (χ1) is 10.4. The van der Waals surface area contributed by atoms with Crippen molar-refractivity contribution in [1.29, 1.82) is 0 Å². The van der Waals surface area contributed by atoms with Crippen molar-refractivity contribution in [3.05, 3.63) is 71.3 Å². The Labute approximate surface area is 128 Å². The molecule has 1 nitrogen and oxygen atoms in total. The Bertz CT molecular complexity index is 544. The number of piperidine rings is 1. The van der Waals surface area contributed by atoms with E-state index in [-0.39, 0.29) is 0 Å². The van der Waals surface area contributed by atoms with E-state index in [0.717, 1.165) is 19.5 Å². The van der Waals surface area contributed by atoms with Gasteiger partial charge in [0.25, 0.3) is 0 Å². The van der Waals surface area contributed by atoms with Gasteiger partial charge >= 0.3 is 0 Å². The van der Waals surface area contributed by atoms with Crippen LogP contribution in [0.15, 0.2) is 54.6 Å². The van der Waals surface area contributed by atoms with E-state index in [1.54, 1.807) is 0 Å². The van der Waals surface area contributed by atoms with Gasteiger partial charge in [-0.2, -0.15) is 0 Å². The van der Waals surface area contributed by atoms with Gasteiger partial charge in [-0.3, -0.25) is 0 Å². The number of hydrogen-bond acceptors (Lipinski definition) is 1. The van der Waals surface area contributed by atoms with Crippen LogP contribution in [0.5, 0.6) is 0 Å². The third kappa shape index (κ3) is 3.54. The predicted octanol–water partition coefficient (Wildman–Crippen LogP) is 4.18. The molecule has 2 unspecified atom stereocenters. The number of hydrogen-bond donors (Lipinski definition) is 1. The van der Waals surface area contributed by atoms with E-state index in [1.807, 2.05) is 0 Å². The molecule has 0 saturated carbocycles. The van der Waals surface area contributed by atoms with Crippen LogP contribution in [-0.2, 0) is 12.8 Å². The van der Waals surface area contributed by atoms with Crippen LogP contribution in [0.1, 0.15) is 36.0 Å². The lowest BCUT2D eigenvalue weighted by atomic mass is 9.78. The van der Waals surface area contributed by atoms with Crippen molar-refractivity contribution in [1.82, 2.24) is 5.32 Å². The van der Waals surface area contributed by atoms with Gasteiger partial charge in [0.05, 0.1) is 0 Å². The van der Waals surface area contributed by atoms with Gasteiger partial charge in [0.1, 0.15) is 0 Å². The molecule has 0 spiro atoms. The summed E-state index contributed by atoms with van der Waals surface area (Å²) in [5.74, 6) is 1.39. The van der Waals surface area contributed by atoms with Crippen molar-refractivity contribution < 1.29 is 0 Å². The molecule has 3 rings (SSSR count). The van der Waals surface area contributed by atoms with Crippen LogP contribution in [0, 0.1) is 5.92 Å². The average Bonchev–Trinajstić information content (AvgIpc) is 2.56. The minimum atomic E-state index is 0.692. The van der Waals surface area contributed by atoms with Crippen LogP contribution in [0.2, 0.25) is 0 Å². The van der Waals surface area contributed by atoms with Gasteiger partial charge in [-0.05, 0) is 60.9 Å². The molecule has 2 aromatic rings. The van der Waals surface area contributed by atoms with Crippen LogP contribution in [-0.4, -0.2) is 13.1 Å². The maximum Gasteiger partial charge on any atom is -0.00115 e. The average molecular weight is 279 g/mol. The van der Waals surface area contributed by atoms with Gasteiger partial charge in [-0.25, -0.2) is 0 Å². The van der Waals surface area contributed by atoms with E-state index >= 15 is 0 Å². The third-order valence-corrected chi connectivity index (χ3v) is 4.76. The summed E-state index contributed by atoms with van der Waals surface area (Å²) in [4.78, 5) is 0. The Kier molecular flexibility index (Phi) is 4.72. The van der Waals surface area contributed by atoms with Crippen molar-refractivity contribution in [2.75, 3.05) is 13.1 Å². The smallest absolute Gasteiger partial charge is 0.00115 e. The molecule has 1 heteroatoms. The van der Waals surface area contributed by atoms with Crippen molar-refractivity contribution >= 4 is 0 Å². The zero-order chi connectivity index (χ0) is 14.5. The highest BCUT2D eigenvalue weighted by Gasteiger charge is 2.26. The lowest BCUT2D eigenvalue weighted by molar-refractivity contribution is 0.324. The third-order valence-electron chi connectivity index (χ3n) is 4.76. The summed E-state index contributed by atoms with van der Waals surface area (Å²) < 4.78 is 0. The highest BCUT2D eigenvalue weighted by molar-refractivity contribution is 5.27. The van der Waals surface area contributed by atoms with Gasteiger partial charge in [0.2, 0.25) is 0 Å². The quantitative estimate of drug-likeness (QED) is 0.885. The first kappa shape index (κ1) is 14.3. The summed E-state index contributed by atoms with van der Waals surface area (Å²) in [5, 5.41) is 3.58. The molecule has 1 fully saturated rings. The molecule has 0 aliphatic carbocycles. The first-order valence-electron chi connectivity index (χ1n) is 8.20. The molecule has 1 aliphatic rings. The zero-order valence-electron chi connectivity index (χ0n) is 12.9. The summed E-state index contributed by atoms with van der Waals surface area (Å²) in [6.45, 7) is 4.50. The maximum atomic E-state index is 3.58. The Morgan fingerprint density at radius 1 is 0.952 bits per heavy atom. The minimum absolute atomic E-state index is 0.692. The zero-order valence-corrected chi connectivity index (χ0v) is 12.9. The fourth-order valence-electron chi connectivity index (χ4n) is 3.49. The molecule has 1 N–H and O–H groups in total. The van der Waals surface area contributed by atoms with E-state index in [9.17, 15) is 0 Å². The second kappa shape index (κ2) is 6.91. The molecule has 1 aliphatic heterocycles. The highest BCUT2D eigenvalue weighted by atomic mass is 14.9. The van der Waals surface area contributed by atoms with Crippen molar-refractivity contribution in [3.8, 4) is 0 Å². The molecule has 0 bridgehead atoms. The van der Waals surface area contributed by atoms with Crippen molar-refractivity contribution in [2.24, 2.45) is 5.92 Å². The van der Waals surface area contributed by atoms with Crippen LogP contribution in [0.4, 0.5) is 0 Å². The van der Waals surface area contributed by atoms with E-state index in [2.05, 4.69) is 66.8 Å². The molecule has 1 saturated heterocycles. The summed E-state index contributed by atoms with van der Waals surface area (Å²) >= 11 is 0. The Balaban J connectivity index is 1.77. The first-order valence-corrected chi connectivity index (χ1v) is 8.20. The molecular weight excluding hydrogens is 254 g/mol. The standard InChI is InChI=1S/C20H25N/c1-2-16-8-10-18(11-9-16)20-12-13-21-15-19(20)14-17-6-4-3-5-7-17/h3-11,19-21H,2,12-15H2,1H3. The Morgan fingerprint density at radius 3 is 2.43 bits per heavy atom. The van der Waals surface area contributed by atoms with Crippen LogP contribution in [0.3, 0.4) is 0 Å². The van der Waals surface area contributed by atoms with E-state index in [0.29, 0.717) is 11.8 Å². The molecule has 0 amide bonds. The van der Waals surface area contributed by atoms with E-state index in [4.69, 9.17) is 0 Å². The number of aryl methyl sites for hydroxylation is 1. The van der Waals surface area contributed by atoms with Crippen molar-refractivity contribution in [2.45, 2.75) is 32.1 Å². The molecule has 110 valence electrons. The molecule has 0 aromatic heterocycles. The second-order valence-electron chi connectivity index (χ2n) is 6.14. The summed E-state index contributed by atoms with van der Waals surface area (Å²) in [5.41, 5.74) is 4.42. The second-order valence-corrected chi connectivity index (χ2v) is 6.14. The normalized spacial score (nSPS) is 22.1. The fourth-order valence-corrected chi connectivity index (χ4v) is 3.49. The molecule has 2 aromatic carbocycles. The summed E-state index contributed by atoms with van der Waals surface area (Å²) in [6, 6.07) is 20.2.